The summed E-state index contributed by atoms with van der Waals surface area (Å²) >= 11 is 11.7. The van der Waals surface area contributed by atoms with Crippen LogP contribution in [-0.4, -0.2) is 79.3 Å². The van der Waals surface area contributed by atoms with Gasteiger partial charge in [0.15, 0.2) is 5.11 Å². The molecule has 2 aromatic carbocycles. The molecule has 2 aliphatic heterocycles. The van der Waals surface area contributed by atoms with Crippen LogP contribution in [0.3, 0.4) is 0 Å². The number of anilines is 2. The average Bonchev–Trinajstić information content (AvgIpc) is 3.08. The van der Waals surface area contributed by atoms with Gasteiger partial charge in [-0.2, -0.15) is 0 Å². The summed E-state index contributed by atoms with van der Waals surface area (Å²) in [6.07, 6.45) is -0.0165. The molecule has 0 bridgehead atoms. The van der Waals surface area contributed by atoms with Crippen LogP contribution in [0.25, 0.3) is 0 Å². The smallest absolute Gasteiger partial charge is 0.256 e. The van der Waals surface area contributed by atoms with Crippen molar-refractivity contribution < 1.29 is 19.1 Å². The Morgan fingerprint density at radius 3 is 2.44 bits per heavy atom. The summed E-state index contributed by atoms with van der Waals surface area (Å²) in [4.78, 5) is 32.0. The zero-order valence-corrected chi connectivity index (χ0v) is 20.5. The quantitative estimate of drug-likeness (QED) is 0.556. The number of halogens is 1. The molecule has 10 heteroatoms. The van der Waals surface area contributed by atoms with E-state index in [0.29, 0.717) is 47.0 Å². The lowest BCUT2D eigenvalue weighted by Gasteiger charge is -2.30. The summed E-state index contributed by atoms with van der Waals surface area (Å²) in [7, 11) is 1.59. The normalized spacial score (nSPS) is 18.9. The molecule has 4 rings (SSSR count). The second-order valence-electron chi connectivity index (χ2n) is 8.08. The molecule has 1 N–H and O–H groups in total. The lowest BCUT2D eigenvalue weighted by atomic mass is 10.1. The van der Waals surface area contributed by atoms with E-state index in [4.69, 9.17) is 33.3 Å². The van der Waals surface area contributed by atoms with Crippen molar-refractivity contribution in [1.82, 2.24) is 9.80 Å². The van der Waals surface area contributed by atoms with Gasteiger partial charge in [0, 0.05) is 36.9 Å². The first-order valence-electron chi connectivity index (χ1n) is 11.1. The predicted molar refractivity (Wildman–Crippen MR) is 136 cm³/mol. The summed E-state index contributed by atoms with van der Waals surface area (Å²) in [5.41, 5.74) is 1.27. The molecule has 8 nitrogen and oxygen atoms in total. The molecule has 0 unspecified atom stereocenters. The van der Waals surface area contributed by atoms with Crippen molar-refractivity contribution in [3.8, 4) is 5.75 Å². The van der Waals surface area contributed by atoms with Crippen molar-refractivity contribution in [2.75, 3.05) is 56.7 Å². The second kappa shape index (κ2) is 11.1. The van der Waals surface area contributed by atoms with Gasteiger partial charge in [-0.3, -0.25) is 19.4 Å². The summed E-state index contributed by atoms with van der Waals surface area (Å²) in [6, 6.07) is 13.3. The van der Waals surface area contributed by atoms with Crippen LogP contribution in [0, 0.1) is 0 Å². The molecule has 0 radical (unpaired) electrons. The van der Waals surface area contributed by atoms with Crippen molar-refractivity contribution in [2.45, 2.75) is 12.5 Å². The average molecular weight is 503 g/mol. The van der Waals surface area contributed by atoms with E-state index in [9.17, 15) is 9.59 Å². The summed E-state index contributed by atoms with van der Waals surface area (Å²) in [6.45, 7) is 4.30. The topological polar surface area (TPSA) is 74.4 Å². The van der Waals surface area contributed by atoms with Gasteiger partial charge in [0.25, 0.3) is 5.91 Å². The number of rotatable bonds is 8. The highest BCUT2D eigenvalue weighted by Gasteiger charge is 2.44. The maximum absolute atomic E-state index is 13.5. The third-order valence-corrected chi connectivity index (χ3v) is 6.59. The van der Waals surface area contributed by atoms with Crippen LogP contribution in [0.4, 0.5) is 11.4 Å². The number of nitrogens with one attached hydrogen (secondary N) is 1. The Labute approximate surface area is 209 Å². The van der Waals surface area contributed by atoms with E-state index < -0.39 is 6.04 Å². The van der Waals surface area contributed by atoms with E-state index >= 15 is 0 Å². The Kier molecular flexibility index (Phi) is 7.99. The lowest BCUT2D eigenvalue weighted by molar-refractivity contribution is -0.124. The SMILES string of the molecule is COc1ccc(N2C(=O)[C@@H](CC(=O)Nc3ccc(Cl)cc3)N(CCN3CCOCC3)C2=S)cc1. The van der Waals surface area contributed by atoms with Crippen LogP contribution in [0.1, 0.15) is 6.42 Å². The minimum Gasteiger partial charge on any atom is -0.497 e. The zero-order chi connectivity index (χ0) is 24.1. The zero-order valence-electron chi connectivity index (χ0n) is 18.9. The molecule has 34 heavy (non-hydrogen) atoms. The van der Waals surface area contributed by atoms with Crippen LogP contribution < -0.4 is 15.0 Å². The largest absolute Gasteiger partial charge is 0.497 e. The molecule has 0 aromatic heterocycles. The van der Waals surface area contributed by atoms with E-state index in [2.05, 4.69) is 10.2 Å². The molecule has 2 fully saturated rings. The molecular weight excluding hydrogens is 476 g/mol. The van der Waals surface area contributed by atoms with Gasteiger partial charge >= 0.3 is 0 Å². The van der Waals surface area contributed by atoms with E-state index in [-0.39, 0.29) is 18.2 Å². The van der Waals surface area contributed by atoms with Crippen LogP contribution in [-0.2, 0) is 14.3 Å². The number of carbonyl (C=O) groups excluding carboxylic acids is 2. The minimum atomic E-state index is -0.692. The number of hydrogen-bond acceptors (Lipinski definition) is 6. The third kappa shape index (κ3) is 5.67. The number of benzene rings is 2. The fourth-order valence-electron chi connectivity index (χ4n) is 4.05. The fraction of sp³-hybridized carbons (Fsp3) is 0.375. The lowest BCUT2D eigenvalue weighted by Crippen LogP contribution is -2.45. The highest BCUT2D eigenvalue weighted by molar-refractivity contribution is 7.80. The number of nitrogens with zero attached hydrogens (tertiary/aromatic N) is 3. The third-order valence-electron chi connectivity index (χ3n) is 5.92. The number of carbonyl (C=O) groups is 2. The molecule has 0 aliphatic carbocycles. The van der Waals surface area contributed by atoms with E-state index in [1.807, 2.05) is 4.90 Å². The maximum atomic E-state index is 13.5. The van der Waals surface area contributed by atoms with Gasteiger partial charge in [0.2, 0.25) is 5.91 Å². The van der Waals surface area contributed by atoms with Crippen molar-refractivity contribution >= 4 is 52.1 Å². The van der Waals surface area contributed by atoms with Gasteiger partial charge in [0.05, 0.1) is 32.4 Å². The molecule has 1 atom stereocenters. The molecule has 2 aromatic rings. The Morgan fingerprint density at radius 2 is 1.79 bits per heavy atom. The minimum absolute atomic E-state index is 0.0165. The molecule has 2 amide bonds. The molecular formula is C24H27ClN4O4S. The summed E-state index contributed by atoms with van der Waals surface area (Å²) in [5, 5.41) is 3.82. The first-order chi connectivity index (χ1) is 16.5. The van der Waals surface area contributed by atoms with Crippen LogP contribution in [0.5, 0.6) is 5.75 Å². The van der Waals surface area contributed by atoms with E-state index in [1.165, 1.54) is 4.90 Å². The van der Waals surface area contributed by atoms with E-state index in [0.717, 1.165) is 19.6 Å². The van der Waals surface area contributed by atoms with Crippen LogP contribution >= 0.6 is 23.8 Å². The predicted octanol–water partition coefficient (Wildman–Crippen LogP) is 3.01. The molecule has 180 valence electrons. The van der Waals surface area contributed by atoms with Gasteiger partial charge in [-0.25, -0.2) is 0 Å². The number of ether oxygens (including phenoxy) is 2. The number of amides is 2. The summed E-state index contributed by atoms with van der Waals surface area (Å²) < 4.78 is 10.7. The number of hydrogen-bond donors (Lipinski definition) is 1. The van der Waals surface area contributed by atoms with Gasteiger partial charge in [-0.1, -0.05) is 11.6 Å². The number of morpholine rings is 1. The maximum Gasteiger partial charge on any atom is 0.256 e. The highest BCUT2D eigenvalue weighted by Crippen LogP contribution is 2.29. The Balaban J connectivity index is 1.51. The fourth-order valence-corrected chi connectivity index (χ4v) is 4.59. The molecule has 2 saturated heterocycles. The molecule has 0 spiro atoms. The first kappa shape index (κ1) is 24.4. The van der Waals surface area contributed by atoms with Crippen molar-refractivity contribution in [2.24, 2.45) is 0 Å². The van der Waals surface area contributed by atoms with Gasteiger partial charge in [-0.15, -0.1) is 0 Å². The second-order valence-corrected chi connectivity index (χ2v) is 8.88. The first-order valence-corrected chi connectivity index (χ1v) is 11.9. The summed E-state index contributed by atoms with van der Waals surface area (Å²) in [5.74, 6) is 0.198. The Hall–Kier alpha value is -2.72. The number of methoxy groups -OCH3 is 1. The van der Waals surface area contributed by atoms with Gasteiger partial charge in [-0.05, 0) is 60.7 Å². The van der Waals surface area contributed by atoms with Crippen molar-refractivity contribution in [3.63, 3.8) is 0 Å². The van der Waals surface area contributed by atoms with Gasteiger partial charge < -0.3 is 19.7 Å². The standard InChI is InChI=1S/C24H27ClN4O4S/c1-32-20-8-6-19(7-9-20)29-23(31)21(16-22(30)26-18-4-2-17(25)3-5-18)28(24(29)34)11-10-27-12-14-33-15-13-27/h2-9,21H,10-16H2,1H3,(H,26,30)/t21-/m1/s1. The van der Waals surface area contributed by atoms with E-state index in [1.54, 1.807) is 55.6 Å². The number of thiocarbonyl (C=S) groups is 1. The highest BCUT2D eigenvalue weighted by atomic mass is 35.5. The molecule has 0 saturated carbocycles. The molecule has 2 aliphatic rings. The van der Waals surface area contributed by atoms with Crippen LogP contribution in [0.15, 0.2) is 48.5 Å². The van der Waals surface area contributed by atoms with Crippen molar-refractivity contribution in [3.05, 3.63) is 53.6 Å². The molecule has 2 heterocycles. The van der Waals surface area contributed by atoms with Crippen LogP contribution in [0.2, 0.25) is 5.02 Å². The van der Waals surface area contributed by atoms with Crippen molar-refractivity contribution in [1.29, 1.82) is 0 Å². The van der Waals surface area contributed by atoms with Gasteiger partial charge in [0.1, 0.15) is 11.8 Å². The Bertz CT molecular complexity index is 1030. The Morgan fingerprint density at radius 1 is 1.12 bits per heavy atom. The monoisotopic (exact) mass is 502 g/mol.